The van der Waals surface area contributed by atoms with E-state index < -0.39 is 0 Å². The summed E-state index contributed by atoms with van der Waals surface area (Å²) in [5, 5.41) is 3.75. The van der Waals surface area contributed by atoms with Gasteiger partial charge in [0.1, 0.15) is 5.82 Å². The first-order valence-corrected chi connectivity index (χ1v) is 5.92. The molecule has 92 valence electrons. The monoisotopic (exact) mass is 261 g/mol. The first-order valence-electron chi connectivity index (χ1n) is 5.54. The summed E-state index contributed by atoms with van der Waals surface area (Å²) in [6.45, 7) is 5.95. The highest BCUT2D eigenvalue weighted by molar-refractivity contribution is 6.32. The van der Waals surface area contributed by atoms with Crippen molar-refractivity contribution in [3.63, 3.8) is 0 Å². The highest BCUT2D eigenvalue weighted by Crippen LogP contribution is 2.25. The SMILES string of the molecule is C=C(Nc1ccc(F)cc1)c1cc(C)ccc1Cl. The Morgan fingerprint density at radius 2 is 1.83 bits per heavy atom. The molecule has 0 aliphatic rings. The third-order valence-electron chi connectivity index (χ3n) is 2.59. The maximum atomic E-state index is 12.8. The molecule has 0 saturated heterocycles. The molecule has 2 aromatic carbocycles. The standard InChI is InChI=1S/C15H13ClFN/c1-10-3-8-15(16)14(9-10)11(2)18-13-6-4-12(17)5-7-13/h3-9,18H,2H2,1H3. The Balaban J connectivity index is 2.21. The van der Waals surface area contributed by atoms with E-state index in [1.165, 1.54) is 12.1 Å². The molecule has 0 heterocycles. The Hall–Kier alpha value is -1.80. The number of hydrogen-bond acceptors (Lipinski definition) is 1. The fourth-order valence-electron chi connectivity index (χ4n) is 1.65. The molecule has 0 bridgehead atoms. The molecule has 0 amide bonds. The van der Waals surface area contributed by atoms with Crippen LogP contribution in [0.2, 0.25) is 5.02 Å². The van der Waals surface area contributed by atoms with Gasteiger partial charge in [-0.05, 0) is 43.3 Å². The van der Waals surface area contributed by atoms with Crippen molar-refractivity contribution in [1.29, 1.82) is 0 Å². The lowest BCUT2D eigenvalue weighted by Crippen LogP contribution is -1.98. The topological polar surface area (TPSA) is 12.0 Å². The quantitative estimate of drug-likeness (QED) is 0.831. The summed E-state index contributed by atoms with van der Waals surface area (Å²) in [5.41, 5.74) is 3.42. The largest absolute Gasteiger partial charge is 0.355 e. The summed E-state index contributed by atoms with van der Waals surface area (Å²) in [6, 6.07) is 11.8. The van der Waals surface area contributed by atoms with Gasteiger partial charge in [-0.3, -0.25) is 0 Å². The number of halogens is 2. The van der Waals surface area contributed by atoms with E-state index in [-0.39, 0.29) is 5.82 Å². The smallest absolute Gasteiger partial charge is 0.123 e. The van der Waals surface area contributed by atoms with Gasteiger partial charge in [-0.15, -0.1) is 0 Å². The molecule has 0 aliphatic heterocycles. The average Bonchev–Trinajstić information content (AvgIpc) is 2.35. The lowest BCUT2D eigenvalue weighted by molar-refractivity contribution is 0.628. The van der Waals surface area contributed by atoms with E-state index in [1.54, 1.807) is 12.1 Å². The van der Waals surface area contributed by atoms with Gasteiger partial charge >= 0.3 is 0 Å². The third kappa shape index (κ3) is 2.90. The van der Waals surface area contributed by atoms with Gasteiger partial charge in [-0.25, -0.2) is 4.39 Å². The number of rotatable bonds is 3. The number of benzene rings is 2. The first kappa shape index (κ1) is 12.7. The molecular weight excluding hydrogens is 249 g/mol. The van der Waals surface area contributed by atoms with E-state index in [4.69, 9.17) is 11.6 Å². The minimum atomic E-state index is -0.264. The molecule has 3 heteroatoms. The van der Waals surface area contributed by atoms with Crippen LogP contribution in [0, 0.1) is 12.7 Å². The first-order chi connectivity index (χ1) is 8.56. The van der Waals surface area contributed by atoms with E-state index in [9.17, 15) is 4.39 Å². The normalized spacial score (nSPS) is 10.2. The molecular formula is C15H13ClFN. The predicted molar refractivity (Wildman–Crippen MR) is 75.2 cm³/mol. The second kappa shape index (κ2) is 5.23. The Kier molecular flexibility index (Phi) is 3.68. The molecule has 0 atom stereocenters. The summed E-state index contributed by atoms with van der Waals surface area (Å²) in [4.78, 5) is 0. The van der Waals surface area contributed by atoms with Crippen LogP contribution in [0.1, 0.15) is 11.1 Å². The van der Waals surface area contributed by atoms with E-state index in [0.29, 0.717) is 10.7 Å². The van der Waals surface area contributed by atoms with Crippen LogP contribution < -0.4 is 5.32 Å². The highest BCUT2D eigenvalue weighted by Gasteiger charge is 2.05. The van der Waals surface area contributed by atoms with E-state index in [0.717, 1.165) is 16.8 Å². The second-order valence-electron chi connectivity index (χ2n) is 4.09. The van der Waals surface area contributed by atoms with Crippen molar-refractivity contribution in [1.82, 2.24) is 0 Å². The molecule has 0 aliphatic carbocycles. The van der Waals surface area contributed by atoms with Crippen LogP contribution in [0.3, 0.4) is 0 Å². The van der Waals surface area contributed by atoms with Crippen LogP contribution in [-0.4, -0.2) is 0 Å². The van der Waals surface area contributed by atoms with Gasteiger partial charge in [-0.1, -0.05) is 29.8 Å². The fraction of sp³-hybridized carbons (Fsp3) is 0.0667. The van der Waals surface area contributed by atoms with Crippen molar-refractivity contribution in [2.24, 2.45) is 0 Å². The van der Waals surface area contributed by atoms with Gasteiger partial charge < -0.3 is 5.32 Å². The Morgan fingerprint density at radius 3 is 2.50 bits per heavy atom. The van der Waals surface area contributed by atoms with E-state index in [1.807, 2.05) is 25.1 Å². The lowest BCUT2D eigenvalue weighted by atomic mass is 10.1. The van der Waals surface area contributed by atoms with Crippen LogP contribution in [0.4, 0.5) is 10.1 Å². The van der Waals surface area contributed by atoms with Crippen LogP contribution >= 0.6 is 11.6 Å². The van der Waals surface area contributed by atoms with Crippen molar-refractivity contribution in [3.05, 3.63) is 71.0 Å². The molecule has 0 unspecified atom stereocenters. The molecule has 0 aromatic heterocycles. The van der Waals surface area contributed by atoms with Gasteiger partial charge in [0.15, 0.2) is 0 Å². The second-order valence-corrected chi connectivity index (χ2v) is 4.50. The average molecular weight is 262 g/mol. The predicted octanol–water partition coefficient (Wildman–Crippen LogP) is 4.87. The zero-order valence-electron chi connectivity index (χ0n) is 10.0. The molecule has 0 fully saturated rings. The van der Waals surface area contributed by atoms with Crippen molar-refractivity contribution in [2.75, 3.05) is 5.32 Å². The van der Waals surface area contributed by atoms with Gasteiger partial charge in [-0.2, -0.15) is 0 Å². The number of anilines is 1. The highest BCUT2D eigenvalue weighted by atomic mass is 35.5. The zero-order valence-corrected chi connectivity index (χ0v) is 10.8. The van der Waals surface area contributed by atoms with Gasteiger partial charge in [0.2, 0.25) is 0 Å². The summed E-state index contributed by atoms with van der Waals surface area (Å²) in [6.07, 6.45) is 0. The Labute approximate surface area is 111 Å². The van der Waals surface area contributed by atoms with Crippen molar-refractivity contribution >= 4 is 23.0 Å². The number of hydrogen-bond donors (Lipinski definition) is 1. The van der Waals surface area contributed by atoms with Crippen LogP contribution in [0.25, 0.3) is 5.70 Å². The molecule has 1 N–H and O–H groups in total. The minimum absolute atomic E-state index is 0.264. The van der Waals surface area contributed by atoms with Gasteiger partial charge in [0, 0.05) is 22.0 Å². The lowest BCUT2D eigenvalue weighted by Gasteiger charge is -2.12. The summed E-state index contributed by atoms with van der Waals surface area (Å²) >= 11 is 6.12. The van der Waals surface area contributed by atoms with Crippen LogP contribution in [-0.2, 0) is 0 Å². The molecule has 0 saturated carbocycles. The summed E-state index contributed by atoms with van der Waals surface area (Å²) in [7, 11) is 0. The molecule has 0 radical (unpaired) electrons. The van der Waals surface area contributed by atoms with Crippen molar-refractivity contribution < 1.29 is 4.39 Å². The van der Waals surface area contributed by atoms with E-state index >= 15 is 0 Å². The molecule has 18 heavy (non-hydrogen) atoms. The van der Waals surface area contributed by atoms with Gasteiger partial charge in [0.05, 0.1) is 0 Å². The third-order valence-corrected chi connectivity index (χ3v) is 2.92. The van der Waals surface area contributed by atoms with Crippen LogP contribution in [0.15, 0.2) is 49.0 Å². The number of aryl methyl sites for hydroxylation is 1. The molecule has 2 rings (SSSR count). The maximum absolute atomic E-state index is 12.8. The van der Waals surface area contributed by atoms with Crippen molar-refractivity contribution in [2.45, 2.75) is 6.92 Å². The van der Waals surface area contributed by atoms with Crippen molar-refractivity contribution in [3.8, 4) is 0 Å². The van der Waals surface area contributed by atoms with Gasteiger partial charge in [0.25, 0.3) is 0 Å². The minimum Gasteiger partial charge on any atom is -0.355 e. The maximum Gasteiger partial charge on any atom is 0.123 e. The van der Waals surface area contributed by atoms with Crippen LogP contribution in [0.5, 0.6) is 0 Å². The molecule has 2 aromatic rings. The summed E-state index contributed by atoms with van der Waals surface area (Å²) < 4.78 is 12.8. The molecule has 0 spiro atoms. The van der Waals surface area contributed by atoms with E-state index in [2.05, 4.69) is 11.9 Å². The number of nitrogens with one attached hydrogen (secondary N) is 1. The Bertz CT molecular complexity index is 576. The molecule has 1 nitrogen and oxygen atoms in total. The Morgan fingerprint density at radius 1 is 1.17 bits per heavy atom. The fourth-order valence-corrected chi connectivity index (χ4v) is 1.88. The zero-order chi connectivity index (χ0) is 13.1. The summed E-state index contributed by atoms with van der Waals surface area (Å²) in [5.74, 6) is -0.264.